The normalized spacial score (nSPS) is 20.9. The Labute approximate surface area is 185 Å². The summed E-state index contributed by atoms with van der Waals surface area (Å²) in [5.41, 5.74) is 2.69. The van der Waals surface area contributed by atoms with Crippen LogP contribution in [0.25, 0.3) is 11.3 Å². The van der Waals surface area contributed by atoms with Crippen LogP contribution in [0.2, 0.25) is 0 Å². The highest BCUT2D eigenvalue weighted by Crippen LogP contribution is 2.29. The smallest absolute Gasteiger partial charge is 0.253 e. The summed E-state index contributed by atoms with van der Waals surface area (Å²) in [6.45, 7) is 5.76. The first-order valence-corrected chi connectivity index (χ1v) is 12.0. The van der Waals surface area contributed by atoms with Crippen molar-refractivity contribution in [1.82, 2.24) is 19.8 Å². The number of hydrogen-bond acceptors (Lipinski definition) is 5. The largest absolute Gasteiger partial charge is 0.355 e. The first-order valence-electron chi connectivity index (χ1n) is 12.0. The molecule has 1 amide bonds. The summed E-state index contributed by atoms with van der Waals surface area (Å²) in [6.07, 6.45) is 12.7. The van der Waals surface area contributed by atoms with Gasteiger partial charge < -0.3 is 9.80 Å². The Bertz CT molecular complexity index is 879. The molecule has 0 unspecified atom stereocenters. The second-order valence-electron chi connectivity index (χ2n) is 9.12. The highest BCUT2D eigenvalue weighted by atomic mass is 16.2. The van der Waals surface area contributed by atoms with Crippen molar-refractivity contribution in [3.8, 4) is 11.3 Å². The van der Waals surface area contributed by atoms with Gasteiger partial charge in [-0.1, -0.05) is 31.4 Å². The molecule has 0 N–H and O–H groups in total. The highest BCUT2D eigenvalue weighted by molar-refractivity contribution is 5.95. The van der Waals surface area contributed by atoms with E-state index >= 15 is 0 Å². The van der Waals surface area contributed by atoms with Crippen LogP contribution in [0.4, 0.5) is 5.82 Å². The molecule has 3 heterocycles. The van der Waals surface area contributed by atoms with Crippen LogP contribution in [0.1, 0.15) is 55.3 Å². The Morgan fingerprint density at radius 3 is 2.16 bits per heavy atom. The molecule has 6 nitrogen and oxygen atoms in total. The van der Waals surface area contributed by atoms with Crippen molar-refractivity contribution in [2.24, 2.45) is 0 Å². The molecule has 5 rings (SSSR count). The summed E-state index contributed by atoms with van der Waals surface area (Å²) in [5.74, 6) is 1.10. The van der Waals surface area contributed by atoms with Crippen LogP contribution >= 0.6 is 0 Å². The number of carbonyl (C=O) groups excluding carboxylic acids is 1. The van der Waals surface area contributed by atoms with Crippen molar-refractivity contribution in [1.29, 1.82) is 0 Å². The van der Waals surface area contributed by atoms with Gasteiger partial charge in [-0.3, -0.25) is 14.7 Å². The van der Waals surface area contributed by atoms with Gasteiger partial charge in [0.15, 0.2) is 5.82 Å². The summed E-state index contributed by atoms with van der Waals surface area (Å²) in [5, 5.41) is 0. The molecule has 2 saturated heterocycles. The molecular formula is C25H33N5O. The Balaban J connectivity index is 1.24. The van der Waals surface area contributed by atoms with Crippen LogP contribution in [0.5, 0.6) is 0 Å². The number of anilines is 1. The summed E-state index contributed by atoms with van der Waals surface area (Å²) in [4.78, 5) is 29.2. The van der Waals surface area contributed by atoms with Crippen LogP contribution in [0.3, 0.4) is 0 Å². The van der Waals surface area contributed by atoms with E-state index in [0.29, 0.717) is 0 Å². The SMILES string of the molecule is O=C(c1ccc(-c2nccnc2N2CCCC2)cc1)N1CCN(C2CCCCC2)CC1. The lowest BCUT2D eigenvalue weighted by Crippen LogP contribution is -2.52. The average Bonchev–Trinajstić information content (AvgIpc) is 3.39. The molecule has 3 aliphatic rings. The van der Waals surface area contributed by atoms with E-state index in [1.165, 1.54) is 44.9 Å². The van der Waals surface area contributed by atoms with Gasteiger partial charge in [0.1, 0.15) is 5.69 Å². The van der Waals surface area contributed by atoms with Crippen LogP contribution in [-0.2, 0) is 0 Å². The van der Waals surface area contributed by atoms with Crippen molar-refractivity contribution in [3.05, 3.63) is 42.2 Å². The fourth-order valence-electron chi connectivity index (χ4n) is 5.38. The van der Waals surface area contributed by atoms with E-state index in [-0.39, 0.29) is 5.91 Å². The van der Waals surface area contributed by atoms with Gasteiger partial charge in [-0.2, -0.15) is 0 Å². The maximum absolute atomic E-state index is 13.1. The van der Waals surface area contributed by atoms with Crippen LogP contribution in [0, 0.1) is 0 Å². The van der Waals surface area contributed by atoms with E-state index in [2.05, 4.69) is 19.8 Å². The molecule has 0 bridgehead atoms. The number of piperazine rings is 1. The zero-order chi connectivity index (χ0) is 21.0. The van der Waals surface area contributed by atoms with Gasteiger partial charge in [-0.15, -0.1) is 0 Å². The molecule has 31 heavy (non-hydrogen) atoms. The predicted molar refractivity (Wildman–Crippen MR) is 123 cm³/mol. The third kappa shape index (κ3) is 4.45. The molecule has 164 valence electrons. The van der Waals surface area contributed by atoms with E-state index in [4.69, 9.17) is 0 Å². The Hall–Kier alpha value is -2.47. The van der Waals surface area contributed by atoms with E-state index < -0.39 is 0 Å². The second-order valence-corrected chi connectivity index (χ2v) is 9.12. The van der Waals surface area contributed by atoms with Crippen molar-refractivity contribution >= 4 is 11.7 Å². The lowest BCUT2D eigenvalue weighted by Gasteiger charge is -2.40. The van der Waals surface area contributed by atoms with Crippen molar-refractivity contribution in [3.63, 3.8) is 0 Å². The minimum atomic E-state index is 0.147. The van der Waals surface area contributed by atoms with Gasteiger partial charge in [-0.25, -0.2) is 4.98 Å². The molecule has 2 aromatic rings. The van der Waals surface area contributed by atoms with Crippen LogP contribution in [0.15, 0.2) is 36.7 Å². The molecule has 1 aromatic carbocycles. The van der Waals surface area contributed by atoms with E-state index in [9.17, 15) is 4.79 Å². The first kappa shape index (κ1) is 20.4. The highest BCUT2D eigenvalue weighted by Gasteiger charge is 2.27. The molecule has 1 aliphatic carbocycles. The Morgan fingerprint density at radius 2 is 1.45 bits per heavy atom. The maximum atomic E-state index is 13.1. The molecule has 0 spiro atoms. The number of aromatic nitrogens is 2. The fourth-order valence-corrected chi connectivity index (χ4v) is 5.38. The van der Waals surface area contributed by atoms with Crippen molar-refractivity contribution in [2.45, 2.75) is 51.0 Å². The number of carbonyl (C=O) groups is 1. The van der Waals surface area contributed by atoms with E-state index in [0.717, 1.165) is 67.9 Å². The monoisotopic (exact) mass is 419 g/mol. The number of rotatable bonds is 4. The molecular weight excluding hydrogens is 386 g/mol. The minimum Gasteiger partial charge on any atom is -0.355 e. The molecule has 2 aliphatic heterocycles. The van der Waals surface area contributed by atoms with Gasteiger partial charge in [-0.05, 0) is 37.8 Å². The van der Waals surface area contributed by atoms with Crippen molar-refractivity contribution < 1.29 is 4.79 Å². The minimum absolute atomic E-state index is 0.147. The van der Waals surface area contributed by atoms with E-state index in [1.807, 2.05) is 29.2 Å². The third-order valence-corrected chi connectivity index (χ3v) is 7.18. The first-order chi connectivity index (χ1) is 15.3. The van der Waals surface area contributed by atoms with Gasteiger partial charge in [0.2, 0.25) is 0 Å². The van der Waals surface area contributed by atoms with Gasteiger partial charge in [0.25, 0.3) is 5.91 Å². The van der Waals surface area contributed by atoms with Crippen molar-refractivity contribution in [2.75, 3.05) is 44.2 Å². The molecule has 3 fully saturated rings. The third-order valence-electron chi connectivity index (χ3n) is 7.18. The zero-order valence-electron chi connectivity index (χ0n) is 18.4. The number of amides is 1. The lowest BCUT2D eigenvalue weighted by atomic mass is 9.94. The Morgan fingerprint density at radius 1 is 0.774 bits per heavy atom. The summed E-state index contributed by atoms with van der Waals surface area (Å²) in [6, 6.07) is 8.69. The molecule has 0 atom stereocenters. The second kappa shape index (κ2) is 9.35. The Kier molecular flexibility index (Phi) is 6.16. The van der Waals surface area contributed by atoms with E-state index in [1.54, 1.807) is 12.4 Å². The topological polar surface area (TPSA) is 52.6 Å². The summed E-state index contributed by atoms with van der Waals surface area (Å²) >= 11 is 0. The van der Waals surface area contributed by atoms with Crippen LogP contribution in [-0.4, -0.2) is 71.0 Å². The zero-order valence-corrected chi connectivity index (χ0v) is 18.4. The number of benzene rings is 1. The summed E-state index contributed by atoms with van der Waals surface area (Å²) in [7, 11) is 0. The van der Waals surface area contributed by atoms with Gasteiger partial charge >= 0.3 is 0 Å². The number of hydrogen-bond donors (Lipinski definition) is 0. The van der Waals surface area contributed by atoms with Gasteiger partial charge in [0.05, 0.1) is 0 Å². The lowest BCUT2D eigenvalue weighted by molar-refractivity contribution is 0.0523. The quantitative estimate of drug-likeness (QED) is 0.754. The predicted octanol–water partition coefficient (Wildman–Crippen LogP) is 3.83. The fraction of sp³-hybridized carbons (Fsp3) is 0.560. The summed E-state index contributed by atoms with van der Waals surface area (Å²) < 4.78 is 0. The molecule has 1 saturated carbocycles. The molecule has 1 aromatic heterocycles. The molecule has 6 heteroatoms. The van der Waals surface area contributed by atoms with Crippen LogP contribution < -0.4 is 4.90 Å². The van der Waals surface area contributed by atoms with Gasteiger partial charge in [0, 0.05) is 68.8 Å². The average molecular weight is 420 g/mol. The maximum Gasteiger partial charge on any atom is 0.253 e. The molecule has 0 radical (unpaired) electrons. The number of nitrogens with zero attached hydrogens (tertiary/aromatic N) is 5. The standard InChI is InChI=1S/C25H33N5O/c31-25(30-18-16-28(17-19-30)22-6-2-1-3-7-22)21-10-8-20(9-11-21)23-24(27-13-12-26-23)29-14-4-5-15-29/h8-13,22H,1-7,14-19H2.